The maximum Gasteiger partial charge on any atom is 0.0847 e. The monoisotopic (exact) mass is 124 g/mol. The third-order valence-corrected chi connectivity index (χ3v) is 2.38. The van der Waals surface area contributed by atoms with Crippen molar-refractivity contribution in [3.63, 3.8) is 0 Å². The fourth-order valence-corrected chi connectivity index (χ4v) is 1.65. The van der Waals surface area contributed by atoms with Crippen molar-refractivity contribution >= 4 is 0 Å². The SMILES string of the molecule is C=C[C@H]1CC[C@H]2O[C@@H]2C1. The first-order valence-corrected chi connectivity index (χ1v) is 3.68. The normalized spacial score (nSPS) is 47.8. The standard InChI is InChI=1S/C8H12O/c1-2-6-3-4-7-8(5-6)9-7/h2,6-8H,1,3-5H2/t6-,7+,8+/m0/s1. The van der Waals surface area contributed by atoms with Crippen LogP contribution in [0.1, 0.15) is 19.3 Å². The number of hydrogen-bond donors (Lipinski definition) is 0. The first-order valence-electron chi connectivity index (χ1n) is 3.68. The van der Waals surface area contributed by atoms with Crippen LogP contribution >= 0.6 is 0 Å². The lowest BCUT2D eigenvalue weighted by atomic mass is 9.90. The maximum absolute atomic E-state index is 5.36. The number of rotatable bonds is 1. The zero-order valence-corrected chi connectivity index (χ0v) is 5.55. The minimum atomic E-state index is 0.613. The Balaban J connectivity index is 1.93. The number of allylic oxidation sites excluding steroid dienone is 1. The van der Waals surface area contributed by atoms with Crippen LogP contribution in [0.2, 0.25) is 0 Å². The first kappa shape index (κ1) is 5.48. The number of epoxide rings is 1. The Labute approximate surface area is 55.7 Å². The third kappa shape index (κ3) is 0.897. The average Bonchev–Trinajstić information content (AvgIpc) is 2.64. The van der Waals surface area contributed by atoms with Gasteiger partial charge in [-0.15, -0.1) is 6.58 Å². The molecule has 1 heteroatoms. The summed E-state index contributed by atoms with van der Waals surface area (Å²) in [5.41, 5.74) is 0. The molecule has 0 aromatic carbocycles. The molecule has 0 radical (unpaired) electrons. The molecule has 0 unspecified atom stereocenters. The van der Waals surface area contributed by atoms with Crippen molar-refractivity contribution in [2.75, 3.05) is 0 Å². The molecule has 2 rings (SSSR count). The Morgan fingerprint density at radius 3 is 2.89 bits per heavy atom. The third-order valence-electron chi connectivity index (χ3n) is 2.38. The van der Waals surface area contributed by atoms with Gasteiger partial charge in [0, 0.05) is 0 Å². The van der Waals surface area contributed by atoms with Crippen LogP contribution in [0.25, 0.3) is 0 Å². The highest BCUT2D eigenvalue weighted by molar-refractivity contribution is 4.96. The average molecular weight is 124 g/mol. The van der Waals surface area contributed by atoms with E-state index in [2.05, 4.69) is 12.7 Å². The molecule has 0 aromatic rings. The van der Waals surface area contributed by atoms with Crippen LogP contribution in [-0.4, -0.2) is 12.2 Å². The molecule has 0 amide bonds. The van der Waals surface area contributed by atoms with Gasteiger partial charge in [-0.1, -0.05) is 6.08 Å². The van der Waals surface area contributed by atoms with Gasteiger partial charge in [-0.3, -0.25) is 0 Å². The fourth-order valence-electron chi connectivity index (χ4n) is 1.65. The van der Waals surface area contributed by atoms with Gasteiger partial charge in [0.05, 0.1) is 12.2 Å². The number of ether oxygens (including phenoxy) is 1. The van der Waals surface area contributed by atoms with E-state index < -0.39 is 0 Å². The predicted octanol–water partition coefficient (Wildman–Crippen LogP) is 1.74. The van der Waals surface area contributed by atoms with Crippen LogP contribution in [0.4, 0.5) is 0 Å². The number of hydrogen-bond acceptors (Lipinski definition) is 1. The van der Waals surface area contributed by atoms with Crippen molar-refractivity contribution in [3.05, 3.63) is 12.7 Å². The van der Waals surface area contributed by atoms with Crippen molar-refractivity contribution in [2.24, 2.45) is 5.92 Å². The minimum absolute atomic E-state index is 0.613. The smallest absolute Gasteiger partial charge is 0.0847 e. The molecule has 1 saturated heterocycles. The molecule has 1 saturated carbocycles. The van der Waals surface area contributed by atoms with Gasteiger partial charge < -0.3 is 4.74 Å². The van der Waals surface area contributed by atoms with Crippen LogP contribution < -0.4 is 0 Å². The topological polar surface area (TPSA) is 12.5 Å². The Hall–Kier alpha value is -0.300. The lowest BCUT2D eigenvalue weighted by molar-refractivity contribution is 0.370. The molecule has 1 aliphatic carbocycles. The molecule has 1 aliphatic heterocycles. The van der Waals surface area contributed by atoms with Crippen LogP contribution in [0.15, 0.2) is 12.7 Å². The molecule has 2 aliphatic rings. The highest BCUT2D eigenvalue weighted by Crippen LogP contribution is 2.39. The van der Waals surface area contributed by atoms with Gasteiger partial charge in [-0.05, 0) is 25.2 Å². The largest absolute Gasteiger partial charge is 0.370 e. The van der Waals surface area contributed by atoms with Crippen molar-refractivity contribution in [3.8, 4) is 0 Å². The first-order chi connectivity index (χ1) is 4.40. The van der Waals surface area contributed by atoms with Gasteiger partial charge in [-0.25, -0.2) is 0 Å². The summed E-state index contributed by atoms with van der Waals surface area (Å²) >= 11 is 0. The zero-order valence-electron chi connectivity index (χ0n) is 5.55. The molecule has 50 valence electrons. The molecular weight excluding hydrogens is 112 g/mol. The molecule has 1 nitrogen and oxygen atoms in total. The maximum atomic E-state index is 5.36. The molecule has 1 heterocycles. The van der Waals surface area contributed by atoms with Crippen molar-refractivity contribution in [2.45, 2.75) is 31.5 Å². The lowest BCUT2D eigenvalue weighted by Crippen LogP contribution is -2.10. The Kier molecular flexibility index (Phi) is 1.12. The van der Waals surface area contributed by atoms with Gasteiger partial charge in [0.25, 0.3) is 0 Å². The molecule has 0 aromatic heterocycles. The highest BCUT2D eigenvalue weighted by Gasteiger charge is 2.42. The second-order valence-corrected chi connectivity index (χ2v) is 3.02. The summed E-state index contributed by atoms with van der Waals surface area (Å²) in [4.78, 5) is 0. The number of fused-ring (bicyclic) bond motifs is 1. The van der Waals surface area contributed by atoms with Crippen molar-refractivity contribution < 1.29 is 4.74 Å². The van der Waals surface area contributed by atoms with E-state index in [1.165, 1.54) is 19.3 Å². The van der Waals surface area contributed by atoms with Crippen LogP contribution in [0, 0.1) is 5.92 Å². The molecule has 2 fully saturated rings. The van der Waals surface area contributed by atoms with E-state index in [1.807, 2.05) is 0 Å². The van der Waals surface area contributed by atoms with Crippen LogP contribution in [0.3, 0.4) is 0 Å². The minimum Gasteiger partial charge on any atom is -0.370 e. The summed E-state index contributed by atoms with van der Waals surface area (Å²) in [6, 6.07) is 0. The highest BCUT2D eigenvalue weighted by atomic mass is 16.6. The van der Waals surface area contributed by atoms with E-state index >= 15 is 0 Å². The molecule has 9 heavy (non-hydrogen) atoms. The van der Waals surface area contributed by atoms with Gasteiger partial charge >= 0.3 is 0 Å². The Morgan fingerprint density at radius 2 is 2.22 bits per heavy atom. The van der Waals surface area contributed by atoms with E-state index in [0.29, 0.717) is 12.2 Å². The molecular formula is C8H12O. The second kappa shape index (κ2) is 1.84. The van der Waals surface area contributed by atoms with E-state index in [4.69, 9.17) is 4.74 Å². The summed E-state index contributed by atoms with van der Waals surface area (Å²) in [5, 5.41) is 0. The zero-order chi connectivity index (χ0) is 6.27. The van der Waals surface area contributed by atoms with Crippen molar-refractivity contribution in [1.82, 2.24) is 0 Å². The summed E-state index contributed by atoms with van der Waals surface area (Å²) in [5.74, 6) is 0.744. The molecule has 0 N–H and O–H groups in total. The van der Waals surface area contributed by atoms with Gasteiger partial charge in [0.15, 0.2) is 0 Å². The van der Waals surface area contributed by atoms with Crippen LogP contribution in [0.5, 0.6) is 0 Å². The second-order valence-electron chi connectivity index (χ2n) is 3.02. The quantitative estimate of drug-likeness (QED) is 0.383. The van der Waals surface area contributed by atoms with Crippen LogP contribution in [-0.2, 0) is 4.74 Å². The van der Waals surface area contributed by atoms with Gasteiger partial charge in [-0.2, -0.15) is 0 Å². The molecule has 0 bridgehead atoms. The summed E-state index contributed by atoms with van der Waals surface area (Å²) < 4.78 is 5.36. The van der Waals surface area contributed by atoms with Gasteiger partial charge in [0.1, 0.15) is 0 Å². The Morgan fingerprint density at radius 1 is 1.33 bits per heavy atom. The summed E-state index contributed by atoms with van der Waals surface area (Å²) in [6.07, 6.45) is 7.11. The predicted molar refractivity (Wildman–Crippen MR) is 36.2 cm³/mol. The van der Waals surface area contributed by atoms with E-state index in [0.717, 1.165) is 5.92 Å². The van der Waals surface area contributed by atoms with Crippen molar-refractivity contribution in [1.29, 1.82) is 0 Å². The van der Waals surface area contributed by atoms with E-state index in [-0.39, 0.29) is 0 Å². The summed E-state index contributed by atoms with van der Waals surface area (Å²) in [7, 11) is 0. The molecule has 0 spiro atoms. The van der Waals surface area contributed by atoms with E-state index in [9.17, 15) is 0 Å². The summed E-state index contributed by atoms with van der Waals surface area (Å²) in [6.45, 7) is 3.78. The fraction of sp³-hybridized carbons (Fsp3) is 0.750. The van der Waals surface area contributed by atoms with Gasteiger partial charge in [0.2, 0.25) is 0 Å². The lowest BCUT2D eigenvalue weighted by Gasteiger charge is -2.12. The molecule has 3 atom stereocenters. The Bertz CT molecular complexity index is 131. The van der Waals surface area contributed by atoms with E-state index in [1.54, 1.807) is 0 Å².